The third-order valence-electron chi connectivity index (χ3n) is 4.42. The zero-order valence-corrected chi connectivity index (χ0v) is 16.9. The van der Waals surface area contributed by atoms with Crippen molar-refractivity contribution < 1.29 is 19.1 Å². The van der Waals surface area contributed by atoms with E-state index in [2.05, 4.69) is 20.8 Å². The predicted molar refractivity (Wildman–Crippen MR) is 107 cm³/mol. The van der Waals surface area contributed by atoms with Gasteiger partial charge >= 0.3 is 6.03 Å². The topological polar surface area (TPSA) is 133 Å². The highest BCUT2D eigenvalue weighted by atomic mass is 32.2. The summed E-state index contributed by atoms with van der Waals surface area (Å²) in [4.78, 5) is 23.8. The van der Waals surface area contributed by atoms with Crippen LogP contribution in [0.15, 0.2) is 29.4 Å². The number of aromatic nitrogens is 3. The molecular formula is C18H24N6O4S. The Bertz CT molecular complexity index is 853. The Morgan fingerprint density at radius 2 is 2.03 bits per heavy atom. The Balaban J connectivity index is 1.45. The van der Waals surface area contributed by atoms with Gasteiger partial charge in [-0.1, -0.05) is 30.7 Å². The Morgan fingerprint density at radius 1 is 1.28 bits per heavy atom. The van der Waals surface area contributed by atoms with E-state index >= 15 is 0 Å². The molecule has 1 aromatic heterocycles. The van der Waals surface area contributed by atoms with Crippen molar-refractivity contribution in [3.05, 3.63) is 30.1 Å². The molecule has 1 heterocycles. The van der Waals surface area contributed by atoms with Crippen LogP contribution in [-0.2, 0) is 11.4 Å². The number of thioether (sulfide) groups is 1. The number of rotatable bonds is 8. The molecule has 11 heteroatoms. The number of nitrogen functional groups attached to an aromatic ring is 1. The van der Waals surface area contributed by atoms with E-state index in [0.29, 0.717) is 22.5 Å². The van der Waals surface area contributed by atoms with Crippen LogP contribution < -0.4 is 25.9 Å². The van der Waals surface area contributed by atoms with Crippen molar-refractivity contribution in [1.29, 1.82) is 0 Å². The van der Waals surface area contributed by atoms with E-state index in [9.17, 15) is 9.59 Å². The lowest BCUT2D eigenvalue weighted by Crippen LogP contribution is -2.44. The third-order valence-corrected chi connectivity index (χ3v) is 5.36. The maximum Gasteiger partial charge on any atom is 0.321 e. The van der Waals surface area contributed by atoms with E-state index in [1.165, 1.54) is 4.68 Å². The summed E-state index contributed by atoms with van der Waals surface area (Å²) in [6, 6.07) is 6.83. The molecule has 1 aromatic carbocycles. The molecule has 1 aliphatic carbocycles. The van der Waals surface area contributed by atoms with Crippen molar-refractivity contribution in [2.45, 2.75) is 43.5 Å². The van der Waals surface area contributed by atoms with Crippen molar-refractivity contribution in [3.8, 4) is 11.5 Å². The van der Waals surface area contributed by atoms with Gasteiger partial charge in [0.05, 0.1) is 12.9 Å². The molecule has 0 spiro atoms. The summed E-state index contributed by atoms with van der Waals surface area (Å²) in [6.07, 6.45) is 4.11. The lowest BCUT2D eigenvalue weighted by atomic mass is 10.2. The number of nitrogens with zero attached hydrogens (tertiary/aromatic N) is 3. The van der Waals surface area contributed by atoms with Crippen LogP contribution in [0.3, 0.4) is 0 Å². The van der Waals surface area contributed by atoms with E-state index in [-0.39, 0.29) is 18.4 Å². The van der Waals surface area contributed by atoms with Crippen molar-refractivity contribution >= 4 is 23.7 Å². The molecule has 29 heavy (non-hydrogen) atoms. The van der Waals surface area contributed by atoms with Crippen LogP contribution >= 0.6 is 11.8 Å². The third kappa shape index (κ3) is 6.01. The molecule has 2 aromatic rings. The summed E-state index contributed by atoms with van der Waals surface area (Å²) in [6.45, 7) is 0.104. The smallest absolute Gasteiger partial charge is 0.321 e. The van der Waals surface area contributed by atoms with Gasteiger partial charge in [0, 0.05) is 12.1 Å². The number of carbonyl (C=O) groups excluding carboxylic acids is 2. The summed E-state index contributed by atoms with van der Waals surface area (Å²) in [5.74, 6) is 7.22. The van der Waals surface area contributed by atoms with Crippen LogP contribution in [-0.4, -0.2) is 45.7 Å². The first-order valence-electron chi connectivity index (χ1n) is 9.24. The number of nitrogens with one attached hydrogen (secondary N) is 2. The maximum atomic E-state index is 12.0. The standard InChI is InChI=1S/C18H24N6O4S/c1-27-13-7-4-8-14(9-13)28-10-15-22-23-18(24(15)19)29-11-16(25)21-17(26)20-12-5-2-3-6-12/h4,7-9,12H,2-3,5-6,10-11,19H2,1H3,(H2,20,21,25,26). The van der Waals surface area contributed by atoms with Crippen LogP contribution in [0.25, 0.3) is 0 Å². The molecule has 1 saturated carbocycles. The van der Waals surface area contributed by atoms with Crippen LogP contribution in [0, 0.1) is 0 Å². The molecular weight excluding hydrogens is 396 g/mol. The minimum Gasteiger partial charge on any atom is -0.497 e. The van der Waals surface area contributed by atoms with Gasteiger partial charge in [-0.3, -0.25) is 10.1 Å². The lowest BCUT2D eigenvalue weighted by Gasteiger charge is -2.12. The predicted octanol–water partition coefficient (Wildman–Crippen LogP) is 1.44. The van der Waals surface area contributed by atoms with E-state index < -0.39 is 11.9 Å². The molecule has 156 valence electrons. The van der Waals surface area contributed by atoms with E-state index in [0.717, 1.165) is 37.4 Å². The number of hydrogen-bond donors (Lipinski definition) is 3. The largest absolute Gasteiger partial charge is 0.497 e. The molecule has 0 radical (unpaired) electrons. The number of carbonyl (C=O) groups is 2. The van der Waals surface area contributed by atoms with Gasteiger partial charge in [-0.2, -0.15) is 0 Å². The normalized spacial score (nSPS) is 13.8. The molecule has 3 amide bonds. The van der Waals surface area contributed by atoms with Crippen LogP contribution in [0.5, 0.6) is 11.5 Å². The van der Waals surface area contributed by atoms with Gasteiger partial charge in [0.1, 0.15) is 18.1 Å². The van der Waals surface area contributed by atoms with Crippen molar-refractivity contribution in [2.24, 2.45) is 0 Å². The molecule has 4 N–H and O–H groups in total. The first kappa shape index (κ1) is 20.8. The fraction of sp³-hybridized carbons (Fsp3) is 0.444. The summed E-state index contributed by atoms with van der Waals surface area (Å²) >= 11 is 1.09. The second kappa shape index (κ2) is 10.0. The highest BCUT2D eigenvalue weighted by molar-refractivity contribution is 7.99. The molecule has 1 aliphatic rings. The van der Waals surface area contributed by atoms with Crippen LogP contribution in [0.2, 0.25) is 0 Å². The monoisotopic (exact) mass is 420 g/mol. The van der Waals surface area contributed by atoms with Gasteiger partial charge in [-0.25, -0.2) is 9.47 Å². The van der Waals surface area contributed by atoms with E-state index in [1.54, 1.807) is 19.2 Å². The van der Waals surface area contributed by atoms with Gasteiger partial charge < -0.3 is 20.6 Å². The molecule has 0 aliphatic heterocycles. The Labute approximate surface area is 172 Å². The van der Waals surface area contributed by atoms with Gasteiger partial charge in [-0.05, 0) is 25.0 Å². The first-order chi connectivity index (χ1) is 14.0. The van der Waals surface area contributed by atoms with Crippen LogP contribution in [0.4, 0.5) is 4.79 Å². The van der Waals surface area contributed by atoms with E-state index in [1.807, 2.05) is 12.1 Å². The Hall–Kier alpha value is -2.95. The second-order valence-corrected chi connectivity index (χ2v) is 7.47. The Kier molecular flexibility index (Phi) is 7.17. The first-order valence-corrected chi connectivity index (χ1v) is 10.2. The zero-order chi connectivity index (χ0) is 20.6. The highest BCUT2D eigenvalue weighted by Crippen LogP contribution is 2.20. The van der Waals surface area contributed by atoms with E-state index in [4.69, 9.17) is 15.3 Å². The van der Waals surface area contributed by atoms with Gasteiger partial charge in [0.15, 0.2) is 5.82 Å². The lowest BCUT2D eigenvalue weighted by molar-refractivity contribution is -0.117. The quantitative estimate of drug-likeness (QED) is 0.431. The number of methoxy groups -OCH3 is 1. The molecule has 0 bridgehead atoms. The highest BCUT2D eigenvalue weighted by Gasteiger charge is 2.19. The number of nitrogens with two attached hydrogens (primary N) is 1. The number of ether oxygens (including phenoxy) is 2. The summed E-state index contributed by atoms with van der Waals surface area (Å²) in [5, 5.41) is 13.4. The summed E-state index contributed by atoms with van der Waals surface area (Å²) in [7, 11) is 1.58. The molecule has 1 fully saturated rings. The number of urea groups is 1. The maximum absolute atomic E-state index is 12.0. The van der Waals surface area contributed by atoms with Crippen molar-refractivity contribution in [1.82, 2.24) is 25.5 Å². The molecule has 3 rings (SSSR count). The van der Waals surface area contributed by atoms with Gasteiger partial charge in [0.2, 0.25) is 11.1 Å². The number of amides is 3. The fourth-order valence-electron chi connectivity index (χ4n) is 2.93. The SMILES string of the molecule is COc1cccc(OCc2nnc(SCC(=O)NC(=O)NC3CCCC3)n2N)c1. The molecule has 0 atom stereocenters. The average molecular weight is 420 g/mol. The van der Waals surface area contributed by atoms with Gasteiger partial charge in [-0.15, -0.1) is 10.2 Å². The summed E-state index contributed by atoms with van der Waals surface area (Å²) < 4.78 is 12.1. The second-order valence-electron chi connectivity index (χ2n) is 6.53. The fourth-order valence-corrected chi connectivity index (χ4v) is 3.60. The van der Waals surface area contributed by atoms with Crippen molar-refractivity contribution in [2.75, 3.05) is 18.7 Å². The number of benzene rings is 1. The summed E-state index contributed by atoms with van der Waals surface area (Å²) in [5.41, 5.74) is 0. The molecule has 0 unspecified atom stereocenters. The zero-order valence-electron chi connectivity index (χ0n) is 16.1. The number of hydrogen-bond acceptors (Lipinski definition) is 8. The number of imide groups is 1. The van der Waals surface area contributed by atoms with Crippen LogP contribution in [0.1, 0.15) is 31.5 Å². The molecule has 0 saturated heterocycles. The minimum atomic E-state index is -0.468. The molecule has 10 nitrogen and oxygen atoms in total. The Morgan fingerprint density at radius 3 is 2.79 bits per heavy atom. The van der Waals surface area contributed by atoms with Crippen molar-refractivity contribution in [3.63, 3.8) is 0 Å². The van der Waals surface area contributed by atoms with Gasteiger partial charge in [0.25, 0.3) is 0 Å². The average Bonchev–Trinajstić information content (AvgIpc) is 3.34. The minimum absolute atomic E-state index is 0.00976.